The number of allylic oxidation sites excluding steroid dienone is 6. The summed E-state index contributed by atoms with van der Waals surface area (Å²) in [5, 5.41) is 9.50. The minimum absolute atomic E-state index is 0.0620. The minimum atomic E-state index is -0.763. The van der Waals surface area contributed by atoms with Gasteiger partial charge in [0.1, 0.15) is 6.61 Å². The van der Waals surface area contributed by atoms with Crippen molar-refractivity contribution in [3.05, 3.63) is 36.5 Å². The molecule has 0 aromatic heterocycles. The number of aliphatic hydroxyl groups is 1. The normalized spacial score (nSPS) is 12.4. The number of rotatable bonds is 49. The highest BCUT2D eigenvalue weighted by Gasteiger charge is 2.16. The van der Waals surface area contributed by atoms with Gasteiger partial charge in [0.2, 0.25) is 0 Å². The van der Waals surface area contributed by atoms with Gasteiger partial charge in [-0.25, -0.2) is 0 Å². The Hall–Kier alpha value is -1.88. The van der Waals surface area contributed by atoms with E-state index in [0.717, 1.165) is 51.4 Å². The van der Waals surface area contributed by atoms with E-state index in [1.165, 1.54) is 205 Å². The molecule has 60 heavy (non-hydrogen) atoms. The number of aliphatic hydroxyl groups excluding tert-OH is 1. The second-order valence-electron chi connectivity index (χ2n) is 18.0. The lowest BCUT2D eigenvalue weighted by molar-refractivity contribution is -0.161. The standard InChI is InChI=1S/C55H102O5/c1-3-5-7-9-10-11-12-13-14-15-16-17-18-19-20-21-22-23-24-25-26-27-28-29-30-31-32-33-34-35-36-37-38-39-40-41-42-43-44-46-48-50-55(58)60-53(51-56)52-59-54(57)49-47-45-8-6-4-2/h12-13,15-16,18-19,53,56H,3-11,14,17,20-52H2,1-2H3/b13-12-,16-15-,19-18-. The number of unbranched alkanes of at least 4 members (excludes halogenated alkanes) is 35. The number of hydrogen-bond donors (Lipinski definition) is 1. The van der Waals surface area contributed by atoms with Crippen LogP contribution in [0.15, 0.2) is 36.5 Å². The molecule has 1 atom stereocenters. The van der Waals surface area contributed by atoms with Crippen molar-refractivity contribution in [3.63, 3.8) is 0 Å². The fourth-order valence-corrected chi connectivity index (χ4v) is 7.92. The van der Waals surface area contributed by atoms with Crippen LogP contribution in [-0.2, 0) is 19.1 Å². The predicted octanol–water partition coefficient (Wildman–Crippen LogP) is 17.5. The SMILES string of the molecule is CCCCCCC/C=C\C/C=C\C/C=C\CCCCCCCCCCCCCCCCCCCCCCCCCCCCC(=O)OC(CO)COC(=O)CCCCCCC. The lowest BCUT2D eigenvalue weighted by Gasteiger charge is -2.15. The van der Waals surface area contributed by atoms with Crippen molar-refractivity contribution < 1.29 is 24.2 Å². The van der Waals surface area contributed by atoms with Gasteiger partial charge in [-0.1, -0.05) is 256 Å². The van der Waals surface area contributed by atoms with Crippen LogP contribution in [0.5, 0.6) is 0 Å². The third-order valence-electron chi connectivity index (χ3n) is 11.9. The van der Waals surface area contributed by atoms with Gasteiger partial charge in [-0.05, 0) is 51.4 Å². The zero-order valence-corrected chi connectivity index (χ0v) is 40.2. The summed E-state index contributed by atoms with van der Waals surface area (Å²) in [6.07, 6.45) is 66.2. The van der Waals surface area contributed by atoms with Crippen LogP contribution in [0.2, 0.25) is 0 Å². The maximum Gasteiger partial charge on any atom is 0.306 e. The van der Waals surface area contributed by atoms with Gasteiger partial charge >= 0.3 is 11.9 Å². The first-order chi connectivity index (χ1) is 29.6. The Balaban J connectivity index is 3.30. The van der Waals surface area contributed by atoms with E-state index in [1.807, 2.05) is 0 Å². The molecule has 0 aliphatic carbocycles. The molecule has 0 amide bonds. The number of ether oxygens (including phenoxy) is 2. The Morgan fingerprint density at radius 3 is 1.00 bits per heavy atom. The first-order valence-electron chi connectivity index (χ1n) is 26.5. The fourth-order valence-electron chi connectivity index (χ4n) is 7.92. The van der Waals surface area contributed by atoms with Crippen LogP contribution >= 0.6 is 0 Å². The number of hydrogen-bond acceptors (Lipinski definition) is 5. The average Bonchev–Trinajstić information content (AvgIpc) is 3.25. The van der Waals surface area contributed by atoms with Crippen LogP contribution in [-0.4, -0.2) is 36.4 Å². The highest BCUT2D eigenvalue weighted by molar-refractivity contribution is 5.70. The van der Waals surface area contributed by atoms with Crippen LogP contribution < -0.4 is 0 Å². The summed E-state index contributed by atoms with van der Waals surface area (Å²) in [4.78, 5) is 24.0. The second kappa shape index (κ2) is 51.5. The van der Waals surface area contributed by atoms with E-state index in [-0.39, 0.29) is 25.2 Å². The molecule has 0 aliphatic heterocycles. The summed E-state index contributed by atoms with van der Waals surface area (Å²) in [7, 11) is 0. The van der Waals surface area contributed by atoms with Gasteiger partial charge in [0.25, 0.3) is 0 Å². The zero-order chi connectivity index (χ0) is 43.5. The lowest BCUT2D eigenvalue weighted by Crippen LogP contribution is -2.28. The van der Waals surface area contributed by atoms with Crippen molar-refractivity contribution in [2.75, 3.05) is 13.2 Å². The summed E-state index contributed by atoms with van der Waals surface area (Å²) >= 11 is 0. The predicted molar refractivity (Wildman–Crippen MR) is 261 cm³/mol. The smallest absolute Gasteiger partial charge is 0.306 e. The van der Waals surface area contributed by atoms with Gasteiger partial charge in [-0.2, -0.15) is 0 Å². The van der Waals surface area contributed by atoms with Crippen molar-refractivity contribution in [2.45, 2.75) is 290 Å². The summed E-state index contributed by atoms with van der Waals surface area (Å²) in [5.41, 5.74) is 0. The van der Waals surface area contributed by atoms with Crippen molar-refractivity contribution in [2.24, 2.45) is 0 Å². The van der Waals surface area contributed by atoms with Crippen molar-refractivity contribution in [1.82, 2.24) is 0 Å². The van der Waals surface area contributed by atoms with Gasteiger partial charge in [-0.3, -0.25) is 9.59 Å². The molecule has 0 heterocycles. The molecule has 0 saturated carbocycles. The molecule has 0 aromatic rings. The highest BCUT2D eigenvalue weighted by Crippen LogP contribution is 2.17. The van der Waals surface area contributed by atoms with Crippen LogP contribution in [0.3, 0.4) is 0 Å². The fraction of sp³-hybridized carbons (Fsp3) is 0.855. The van der Waals surface area contributed by atoms with E-state index in [9.17, 15) is 14.7 Å². The van der Waals surface area contributed by atoms with Crippen molar-refractivity contribution >= 4 is 11.9 Å². The lowest BCUT2D eigenvalue weighted by atomic mass is 10.0. The average molecular weight is 843 g/mol. The summed E-state index contributed by atoms with van der Waals surface area (Å²) < 4.78 is 10.5. The molecular formula is C55H102O5. The van der Waals surface area contributed by atoms with Gasteiger partial charge in [0, 0.05) is 12.8 Å². The maximum atomic E-state index is 12.1. The largest absolute Gasteiger partial charge is 0.462 e. The Labute approximate surface area is 374 Å². The molecule has 0 aliphatic rings. The van der Waals surface area contributed by atoms with Gasteiger partial charge in [0.15, 0.2) is 6.10 Å². The van der Waals surface area contributed by atoms with E-state index in [2.05, 4.69) is 50.3 Å². The number of carbonyl (C=O) groups excluding carboxylic acids is 2. The van der Waals surface area contributed by atoms with E-state index in [4.69, 9.17) is 9.47 Å². The van der Waals surface area contributed by atoms with Crippen molar-refractivity contribution in [3.8, 4) is 0 Å². The first-order valence-corrected chi connectivity index (χ1v) is 26.5. The molecule has 0 radical (unpaired) electrons. The molecule has 0 bridgehead atoms. The second-order valence-corrected chi connectivity index (χ2v) is 18.0. The molecule has 1 unspecified atom stereocenters. The van der Waals surface area contributed by atoms with E-state index in [1.54, 1.807) is 0 Å². The monoisotopic (exact) mass is 843 g/mol. The molecule has 5 nitrogen and oxygen atoms in total. The topological polar surface area (TPSA) is 72.8 Å². The Morgan fingerprint density at radius 1 is 0.383 bits per heavy atom. The number of esters is 2. The number of carbonyl (C=O) groups is 2. The highest BCUT2D eigenvalue weighted by atomic mass is 16.6. The van der Waals surface area contributed by atoms with E-state index >= 15 is 0 Å². The van der Waals surface area contributed by atoms with Crippen LogP contribution in [0, 0.1) is 0 Å². The molecule has 0 saturated heterocycles. The molecule has 5 heteroatoms. The molecular weight excluding hydrogens is 741 g/mol. The van der Waals surface area contributed by atoms with Gasteiger partial charge < -0.3 is 14.6 Å². The van der Waals surface area contributed by atoms with Gasteiger partial charge in [0.05, 0.1) is 6.61 Å². The molecule has 0 rings (SSSR count). The van der Waals surface area contributed by atoms with Crippen LogP contribution in [0.4, 0.5) is 0 Å². The molecule has 0 aromatic carbocycles. The quantitative estimate of drug-likeness (QED) is 0.0375. The Morgan fingerprint density at radius 2 is 0.667 bits per heavy atom. The maximum absolute atomic E-state index is 12.1. The summed E-state index contributed by atoms with van der Waals surface area (Å²) in [6.45, 7) is 4.05. The van der Waals surface area contributed by atoms with Crippen LogP contribution in [0.1, 0.15) is 284 Å². The van der Waals surface area contributed by atoms with E-state index in [0.29, 0.717) is 12.8 Å². The molecule has 352 valence electrons. The molecule has 1 N–H and O–H groups in total. The summed E-state index contributed by atoms with van der Waals surface area (Å²) in [5.74, 6) is -0.593. The van der Waals surface area contributed by atoms with Crippen LogP contribution in [0.25, 0.3) is 0 Å². The van der Waals surface area contributed by atoms with Gasteiger partial charge in [-0.15, -0.1) is 0 Å². The zero-order valence-electron chi connectivity index (χ0n) is 40.2. The third kappa shape index (κ3) is 48.8. The van der Waals surface area contributed by atoms with Crippen molar-refractivity contribution in [1.29, 1.82) is 0 Å². The molecule has 0 fully saturated rings. The van der Waals surface area contributed by atoms with E-state index < -0.39 is 6.10 Å². The third-order valence-corrected chi connectivity index (χ3v) is 11.9. The minimum Gasteiger partial charge on any atom is -0.462 e. The first kappa shape index (κ1) is 58.1. The Kier molecular flexibility index (Phi) is 49.9. The Bertz CT molecular complexity index is 955. The summed E-state index contributed by atoms with van der Waals surface area (Å²) in [6, 6.07) is 0. The molecule has 0 spiro atoms.